The Morgan fingerprint density at radius 3 is 3.00 bits per heavy atom. The molecule has 0 aliphatic heterocycles. The van der Waals surface area contributed by atoms with Gasteiger partial charge in [-0.05, 0) is 12.1 Å². The van der Waals surface area contributed by atoms with E-state index in [1.54, 1.807) is 31.2 Å². The highest BCUT2D eigenvalue weighted by Gasteiger charge is 1.98. The first-order chi connectivity index (χ1) is 6.26. The Balaban J connectivity index is 2.79. The summed E-state index contributed by atoms with van der Waals surface area (Å²) in [7, 11) is 0. The fraction of sp³-hybridized carbons (Fsp3) is 0.200. The molecule has 0 heterocycles. The van der Waals surface area contributed by atoms with E-state index < -0.39 is 0 Å². The van der Waals surface area contributed by atoms with Crippen molar-refractivity contribution in [1.29, 1.82) is 0 Å². The van der Waals surface area contributed by atoms with Crippen LogP contribution >= 0.6 is 0 Å². The zero-order chi connectivity index (χ0) is 9.68. The Morgan fingerprint density at radius 1 is 1.62 bits per heavy atom. The second-order valence-electron chi connectivity index (χ2n) is 2.56. The molecule has 0 fully saturated rings. The summed E-state index contributed by atoms with van der Waals surface area (Å²) in [4.78, 5) is 14.3. The number of hydrogen-bond acceptors (Lipinski definition) is 1. The van der Waals surface area contributed by atoms with Crippen LogP contribution in [0.15, 0.2) is 24.3 Å². The van der Waals surface area contributed by atoms with Gasteiger partial charge in [-0.2, -0.15) is 0 Å². The van der Waals surface area contributed by atoms with Crippen LogP contribution in [0.3, 0.4) is 0 Å². The maximum atomic E-state index is 11.0. The standard InChI is InChI=1S/C10H10N2O/c1-3-10(13)12-9-6-4-5-8(7-9)11-2/h4-7H,3H2,1H3,(H,12,13). The quantitative estimate of drug-likeness (QED) is 0.687. The molecule has 1 rings (SSSR count). The van der Waals surface area contributed by atoms with Crippen LogP contribution in [-0.2, 0) is 4.79 Å². The number of nitrogens with one attached hydrogen (secondary N) is 1. The van der Waals surface area contributed by atoms with Crippen molar-refractivity contribution in [2.24, 2.45) is 0 Å². The van der Waals surface area contributed by atoms with Crippen molar-refractivity contribution in [3.63, 3.8) is 0 Å². The molecule has 0 atom stereocenters. The highest BCUT2D eigenvalue weighted by atomic mass is 16.1. The van der Waals surface area contributed by atoms with E-state index in [1.807, 2.05) is 0 Å². The minimum atomic E-state index is -0.0397. The summed E-state index contributed by atoms with van der Waals surface area (Å²) in [6.45, 7) is 8.57. The Kier molecular flexibility index (Phi) is 3.04. The normalized spacial score (nSPS) is 8.92. The van der Waals surface area contributed by atoms with Gasteiger partial charge in [0.1, 0.15) is 0 Å². The Labute approximate surface area is 77.2 Å². The predicted octanol–water partition coefficient (Wildman–Crippen LogP) is 2.59. The first kappa shape index (κ1) is 9.27. The van der Waals surface area contributed by atoms with Crippen molar-refractivity contribution in [1.82, 2.24) is 0 Å². The van der Waals surface area contributed by atoms with E-state index in [4.69, 9.17) is 6.57 Å². The van der Waals surface area contributed by atoms with E-state index in [2.05, 4.69) is 10.2 Å². The summed E-state index contributed by atoms with van der Waals surface area (Å²) >= 11 is 0. The third-order valence-electron chi connectivity index (χ3n) is 1.58. The van der Waals surface area contributed by atoms with Gasteiger partial charge in [-0.1, -0.05) is 19.1 Å². The van der Waals surface area contributed by atoms with Crippen molar-refractivity contribution in [2.75, 3.05) is 5.32 Å². The molecule has 0 unspecified atom stereocenters. The Bertz CT molecular complexity index is 352. The Hall–Kier alpha value is -1.82. The first-order valence-electron chi connectivity index (χ1n) is 4.03. The average Bonchev–Trinajstić information content (AvgIpc) is 2.18. The zero-order valence-corrected chi connectivity index (χ0v) is 7.37. The number of hydrogen-bond donors (Lipinski definition) is 1. The molecular weight excluding hydrogens is 164 g/mol. The summed E-state index contributed by atoms with van der Waals surface area (Å²) in [5.74, 6) is -0.0397. The van der Waals surface area contributed by atoms with E-state index in [1.165, 1.54) is 0 Å². The van der Waals surface area contributed by atoms with Crippen molar-refractivity contribution in [3.05, 3.63) is 35.7 Å². The lowest BCUT2D eigenvalue weighted by Crippen LogP contribution is -2.08. The maximum Gasteiger partial charge on any atom is 0.224 e. The monoisotopic (exact) mass is 174 g/mol. The third kappa shape index (κ3) is 2.60. The molecule has 3 nitrogen and oxygen atoms in total. The summed E-state index contributed by atoms with van der Waals surface area (Å²) < 4.78 is 0. The third-order valence-corrected chi connectivity index (χ3v) is 1.58. The second-order valence-corrected chi connectivity index (χ2v) is 2.56. The fourth-order valence-electron chi connectivity index (χ4n) is 0.903. The van der Waals surface area contributed by atoms with Gasteiger partial charge in [0.25, 0.3) is 0 Å². The van der Waals surface area contributed by atoms with Crippen LogP contribution in [0.25, 0.3) is 4.85 Å². The molecule has 0 radical (unpaired) electrons. The molecule has 0 saturated heterocycles. The SMILES string of the molecule is [C-]#[N+]c1cccc(NC(=O)CC)c1. The largest absolute Gasteiger partial charge is 0.327 e. The molecule has 0 saturated carbocycles. The molecule has 1 aromatic carbocycles. The molecule has 66 valence electrons. The Morgan fingerprint density at radius 2 is 2.38 bits per heavy atom. The molecule has 1 N–H and O–H groups in total. The molecule has 0 spiro atoms. The summed E-state index contributed by atoms with van der Waals surface area (Å²) in [6.07, 6.45) is 0.447. The van der Waals surface area contributed by atoms with Crippen LogP contribution in [-0.4, -0.2) is 5.91 Å². The van der Waals surface area contributed by atoms with Crippen LogP contribution in [0, 0.1) is 6.57 Å². The van der Waals surface area contributed by atoms with Crippen LogP contribution in [0.5, 0.6) is 0 Å². The molecule has 0 aliphatic carbocycles. The van der Waals surface area contributed by atoms with Gasteiger partial charge in [-0.15, -0.1) is 0 Å². The molecule has 3 heteroatoms. The van der Waals surface area contributed by atoms with Gasteiger partial charge >= 0.3 is 0 Å². The zero-order valence-electron chi connectivity index (χ0n) is 7.37. The van der Waals surface area contributed by atoms with Gasteiger partial charge < -0.3 is 5.32 Å². The number of carbonyl (C=O) groups excluding carboxylic acids is 1. The molecular formula is C10H10N2O. The molecule has 0 bridgehead atoms. The van der Waals surface area contributed by atoms with Crippen molar-refractivity contribution < 1.29 is 4.79 Å². The lowest BCUT2D eigenvalue weighted by Gasteiger charge is -2.02. The van der Waals surface area contributed by atoms with Crippen LogP contribution in [0.1, 0.15) is 13.3 Å². The minimum Gasteiger partial charge on any atom is -0.327 e. The highest BCUT2D eigenvalue weighted by molar-refractivity contribution is 5.90. The van der Waals surface area contributed by atoms with Crippen molar-refractivity contribution in [3.8, 4) is 0 Å². The molecule has 0 aliphatic rings. The van der Waals surface area contributed by atoms with Crippen molar-refractivity contribution in [2.45, 2.75) is 13.3 Å². The number of carbonyl (C=O) groups is 1. The lowest BCUT2D eigenvalue weighted by molar-refractivity contribution is -0.115. The van der Waals surface area contributed by atoms with E-state index in [-0.39, 0.29) is 5.91 Å². The molecule has 0 aromatic heterocycles. The number of amides is 1. The topological polar surface area (TPSA) is 33.5 Å². The molecule has 1 aromatic rings. The minimum absolute atomic E-state index is 0.0397. The second kappa shape index (κ2) is 4.27. The smallest absolute Gasteiger partial charge is 0.224 e. The average molecular weight is 174 g/mol. The summed E-state index contributed by atoms with van der Waals surface area (Å²) in [5, 5.41) is 2.68. The predicted molar refractivity (Wildman–Crippen MR) is 51.6 cm³/mol. The van der Waals surface area contributed by atoms with Gasteiger partial charge in [0.05, 0.1) is 6.57 Å². The number of rotatable bonds is 2. The van der Waals surface area contributed by atoms with Gasteiger partial charge in [-0.25, -0.2) is 4.85 Å². The highest BCUT2D eigenvalue weighted by Crippen LogP contribution is 2.17. The fourth-order valence-corrected chi connectivity index (χ4v) is 0.903. The molecule has 1 amide bonds. The van der Waals surface area contributed by atoms with Gasteiger partial charge in [0.15, 0.2) is 5.69 Å². The van der Waals surface area contributed by atoms with E-state index in [9.17, 15) is 4.79 Å². The van der Waals surface area contributed by atoms with Crippen LogP contribution < -0.4 is 5.32 Å². The number of anilines is 1. The summed E-state index contributed by atoms with van der Waals surface area (Å²) in [5.41, 5.74) is 1.22. The van der Waals surface area contributed by atoms with E-state index >= 15 is 0 Å². The van der Waals surface area contributed by atoms with E-state index in [0.717, 1.165) is 0 Å². The van der Waals surface area contributed by atoms with E-state index in [0.29, 0.717) is 17.8 Å². The van der Waals surface area contributed by atoms with Crippen molar-refractivity contribution >= 4 is 17.3 Å². The maximum absolute atomic E-state index is 11.0. The molecule has 13 heavy (non-hydrogen) atoms. The lowest BCUT2D eigenvalue weighted by atomic mass is 10.3. The summed E-state index contributed by atoms with van der Waals surface area (Å²) in [6, 6.07) is 6.87. The number of nitrogens with zero attached hydrogens (tertiary/aromatic N) is 1. The first-order valence-corrected chi connectivity index (χ1v) is 4.03. The van der Waals surface area contributed by atoms with Crippen LogP contribution in [0.2, 0.25) is 0 Å². The van der Waals surface area contributed by atoms with Gasteiger partial charge in [0.2, 0.25) is 5.91 Å². The van der Waals surface area contributed by atoms with Crippen LogP contribution in [0.4, 0.5) is 11.4 Å². The number of benzene rings is 1. The van der Waals surface area contributed by atoms with Gasteiger partial charge in [-0.3, -0.25) is 4.79 Å². The van der Waals surface area contributed by atoms with Gasteiger partial charge in [0, 0.05) is 12.1 Å².